The number of hydrogen-bond acceptors (Lipinski definition) is 4. The normalized spacial score (nSPS) is 18.6. The second kappa shape index (κ2) is 10.6. The third-order valence-corrected chi connectivity index (χ3v) is 7.20. The summed E-state index contributed by atoms with van der Waals surface area (Å²) in [6, 6.07) is 17.7. The molecule has 1 fully saturated rings. The van der Waals surface area contributed by atoms with Crippen LogP contribution < -0.4 is 10.1 Å². The van der Waals surface area contributed by atoms with Gasteiger partial charge in [0.05, 0.1) is 5.92 Å². The van der Waals surface area contributed by atoms with Crippen LogP contribution in [-0.2, 0) is 24.1 Å². The molecule has 0 radical (unpaired) electrons. The molecule has 1 heterocycles. The van der Waals surface area contributed by atoms with Crippen LogP contribution in [-0.4, -0.2) is 17.1 Å². The third-order valence-electron chi connectivity index (χ3n) is 6.05. The van der Waals surface area contributed by atoms with Crippen molar-refractivity contribution in [2.75, 3.05) is 0 Å². The van der Waals surface area contributed by atoms with Crippen molar-refractivity contribution < 1.29 is 27.8 Å². The van der Waals surface area contributed by atoms with E-state index < -0.39 is 17.0 Å². The molecule has 0 spiro atoms. The second-order valence-electron chi connectivity index (χ2n) is 8.53. The first-order chi connectivity index (χ1) is 16.3. The van der Waals surface area contributed by atoms with Crippen LogP contribution in [0.2, 0.25) is 0 Å². The van der Waals surface area contributed by atoms with Crippen molar-refractivity contribution in [2.24, 2.45) is 5.92 Å². The molecule has 4 rings (SSSR count). The molecule has 1 aromatic heterocycles. The van der Waals surface area contributed by atoms with E-state index in [0.717, 1.165) is 24.8 Å². The van der Waals surface area contributed by atoms with Crippen molar-refractivity contribution in [3.05, 3.63) is 76.0 Å². The number of aliphatic carboxylic acids is 1. The highest BCUT2D eigenvalue weighted by molar-refractivity contribution is 7.12. The molecule has 1 aliphatic carbocycles. The van der Waals surface area contributed by atoms with E-state index in [2.05, 4.69) is 5.32 Å². The Morgan fingerprint density at radius 1 is 1.09 bits per heavy atom. The van der Waals surface area contributed by atoms with Gasteiger partial charge in [0.1, 0.15) is 17.2 Å². The first-order valence-electron chi connectivity index (χ1n) is 11.2. The Labute approximate surface area is 200 Å². The summed E-state index contributed by atoms with van der Waals surface area (Å²) in [6.07, 6.45) is -1.17. The number of benzene rings is 2. The number of ether oxygens (including phenoxy) is 1. The highest BCUT2D eigenvalue weighted by atomic mass is 32.1. The first-order valence-corrected chi connectivity index (χ1v) is 12.0. The van der Waals surface area contributed by atoms with Crippen molar-refractivity contribution >= 4 is 17.3 Å². The van der Waals surface area contributed by atoms with Crippen LogP contribution in [0, 0.1) is 5.92 Å². The summed E-state index contributed by atoms with van der Waals surface area (Å²) in [7, 11) is 0. The van der Waals surface area contributed by atoms with Gasteiger partial charge in [-0.3, -0.25) is 4.79 Å². The minimum Gasteiger partial charge on any atom is -0.488 e. The molecule has 180 valence electrons. The van der Waals surface area contributed by atoms with Crippen LogP contribution in [0.4, 0.5) is 13.2 Å². The largest absolute Gasteiger partial charge is 0.488 e. The fourth-order valence-electron chi connectivity index (χ4n) is 4.28. The average Bonchev–Trinajstić information content (AvgIpc) is 3.28. The van der Waals surface area contributed by atoms with Gasteiger partial charge in [0.15, 0.2) is 0 Å². The van der Waals surface area contributed by atoms with Gasteiger partial charge >= 0.3 is 12.1 Å². The number of carbonyl (C=O) groups is 1. The molecule has 1 unspecified atom stereocenters. The maximum Gasteiger partial charge on any atom is 0.426 e. The maximum absolute atomic E-state index is 13.6. The van der Waals surface area contributed by atoms with Gasteiger partial charge in [-0.05, 0) is 48.6 Å². The van der Waals surface area contributed by atoms with Crippen LogP contribution in [0.25, 0.3) is 11.1 Å². The molecule has 2 aromatic carbocycles. The summed E-state index contributed by atoms with van der Waals surface area (Å²) >= 11 is 0.708. The zero-order valence-electron chi connectivity index (χ0n) is 18.5. The lowest BCUT2D eigenvalue weighted by molar-refractivity contribution is -0.143. The molecule has 0 bridgehead atoms. The van der Waals surface area contributed by atoms with Crippen molar-refractivity contribution in [1.82, 2.24) is 5.32 Å². The highest BCUT2D eigenvalue weighted by Crippen LogP contribution is 2.43. The number of nitrogens with one attached hydrogen (secondary N) is 1. The predicted octanol–water partition coefficient (Wildman–Crippen LogP) is 6.75. The minimum atomic E-state index is -4.43. The van der Waals surface area contributed by atoms with Crippen LogP contribution in [0.3, 0.4) is 0 Å². The molecular formula is C26H26F3NO3S. The quantitative estimate of drug-likeness (QED) is 0.368. The SMILES string of the molecule is O=C(O)[C@H]1CCCC(NCc2ccc(OCc3cc(-c4ccccc4)c(C(F)(F)F)s3)cc2)C1. The highest BCUT2D eigenvalue weighted by Gasteiger charge is 2.36. The Bertz CT molecular complexity index is 1100. The van der Waals surface area contributed by atoms with E-state index >= 15 is 0 Å². The summed E-state index contributed by atoms with van der Waals surface area (Å²) in [4.78, 5) is 11.1. The van der Waals surface area contributed by atoms with Crippen LogP contribution in [0.5, 0.6) is 5.75 Å². The van der Waals surface area contributed by atoms with Gasteiger partial charge in [-0.1, -0.05) is 48.9 Å². The molecule has 0 saturated heterocycles. The summed E-state index contributed by atoms with van der Waals surface area (Å²) in [6.45, 7) is 0.675. The molecule has 0 aliphatic heterocycles. The molecule has 34 heavy (non-hydrogen) atoms. The zero-order valence-corrected chi connectivity index (χ0v) is 19.3. The molecule has 0 amide bonds. The number of carboxylic acids is 1. The number of thiophene rings is 1. The van der Waals surface area contributed by atoms with E-state index in [1.54, 1.807) is 48.5 Å². The number of halogens is 3. The molecule has 4 nitrogen and oxygen atoms in total. The lowest BCUT2D eigenvalue weighted by Gasteiger charge is -2.27. The van der Waals surface area contributed by atoms with Gasteiger partial charge in [-0.15, -0.1) is 11.3 Å². The third kappa shape index (κ3) is 6.18. The lowest BCUT2D eigenvalue weighted by atomic mass is 9.86. The van der Waals surface area contributed by atoms with Gasteiger partial charge in [0.25, 0.3) is 0 Å². The smallest absolute Gasteiger partial charge is 0.426 e. The van der Waals surface area contributed by atoms with Gasteiger partial charge < -0.3 is 15.2 Å². The van der Waals surface area contributed by atoms with E-state index in [1.165, 1.54) is 0 Å². The van der Waals surface area contributed by atoms with E-state index in [0.29, 0.717) is 40.5 Å². The standard InChI is InChI=1S/C26H26F3NO3S/c27-26(28,29)24-23(18-5-2-1-3-6-18)14-22(34-24)16-33-21-11-9-17(10-12-21)15-30-20-8-4-7-19(13-20)25(31)32/h1-3,5-6,9-12,14,19-20,30H,4,7-8,13,15-16H2,(H,31,32)/t19-,20?/m0/s1. The number of hydrogen-bond donors (Lipinski definition) is 2. The summed E-state index contributed by atoms with van der Waals surface area (Å²) < 4.78 is 46.4. The number of carboxylic acid groups (broad SMARTS) is 1. The maximum atomic E-state index is 13.6. The van der Waals surface area contributed by atoms with Crippen LogP contribution in [0.15, 0.2) is 60.7 Å². The van der Waals surface area contributed by atoms with Crippen LogP contribution >= 0.6 is 11.3 Å². The molecule has 1 aliphatic rings. The average molecular weight is 490 g/mol. The van der Waals surface area contributed by atoms with Crippen molar-refractivity contribution in [2.45, 2.75) is 51.1 Å². The lowest BCUT2D eigenvalue weighted by Crippen LogP contribution is -2.36. The Morgan fingerprint density at radius 3 is 2.50 bits per heavy atom. The Morgan fingerprint density at radius 2 is 1.82 bits per heavy atom. The Balaban J connectivity index is 1.34. The molecule has 8 heteroatoms. The van der Waals surface area contributed by atoms with Gasteiger partial charge in [-0.25, -0.2) is 0 Å². The topological polar surface area (TPSA) is 58.6 Å². The van der Waals surface area contributed by atoms with E-state index in [9.17, 15) is 23.1 Å². The fourth-order valence-corrected chi connectivity index (χ4v) is 5.23. The number of rotatable bonds is 8. The van der Waals surface area contributed by atoms with Crippen molar-refractivity contribution in [3.8, 4) is 16.9 Å². The monoisotopic (exact) mass is 489 g/mol. The summed E-state index contributed by atoms with van der Waals surface area (Å²) in [5.74, 6) is -0.424. The molecule has 1 saturated carbocycles. The predicted molar refractivity (Wildman–Crippen MR) is 126 cm³/mol. The number of alkyl halides is 3. The van der Waals surface area contributed by atoms with Gasteiger partial charge in [0, 0.05) is 23.0 Å². The Kier molecular flexibility index (Phi) is 7.58. The van der Waals surface area contributed by atoms with Crippen molar-refractivity contribution in [3.63, 3.8) is 0 Å². The molecular weight excluding hydrogens is 463 g/mol. The second-order valence-corrected chi connectivity index (χ2v) is 9.67. The first kappa shape index (κ1) is 24.3. The van der Waals surface area contributed by atoms with Gasteiger partial charge in [-0.2, -0.15) is 13.2 Å². The van der Waals surface area contributed by atoms with E-state index in [1.807, 2.05) is 12.1 Å². The Hall–Kier alpha value is -2.84. The van der Waals surface area contributed by atoms with Gasteiger partial charge in [0.2, 0.25) is 0 Å². The van der Waals surface area contributed by atoms with E-state index in [4.69, 9.17) is 4.74 Å². The summed E-state index contributed by atoms with van der Waals surface area (Å²) in [5, 5.41) is 12.7. The minimum absolute atomic E-state index is 0.0524. The van der Waals surface area contributed by atoms with Crippen molar-refractivity contribution in [1.29, 1.82) is 0 Å². The fraction of sp³-hybridized carbons (Fsp3) is 0.346. The summed E-state index contributed by atoms with van der Waals surface area (Å²) in [5.41, 5.74) is 1.74. The molecule has 2 N–H and O–H groups in total. The van der Waals surface area contributed by atoms with Crippen LogP contribution in [0.1, 0.15) is 41.0 Å². The zero-order chi connectivity index (χ0) is 24.1. The molecule has 3 aromatic rings. The van der Waals surface area contributed by atoms with E-state index in [-0.39, 0.29) is 24.1 Å². The molecule has 2 atom stereocenters.